The van der Waals surface area contributed by atoms with Gasteiger partial charge in [0.1, 0.15) is 0 Å². The maximum absolute atomic E-state index is 8.69. The third kappa shape index (κ3) is 1.64. The van der Waals surface area contributed by atoms with Crippen molar-refractivity contribution in [2.24, 2.45) is 5.16 Å². The van der Waals surface area contributed by atoms with Gasteiger partial charge in [-0.3, -0.25) is 0 Å². The summed E-state index contributed by atoms with van der Waals surface area (Å²) in [4.78, 5) is 0. The molecule has 2 heteroatoms. The van der Waals surface area contributed by atoms with Crippen LogP contribution in [-0.4, -0.2) is 10.9 Å². The van der Waals surface area contributed by atoms with Gasteiger partial charge in [-0.25, -0.2) is 0 Å². The van der Waals surface area contributed by atoms with E-state index in [1.54, 1.807) is 0 Å². The fourth-order valence-electron chi connectivity index (χ4n) is 1.21. The molecule has 0 aliphatic heterocycles. The Morgan fingerprint density at radius 2 is 2.08 bits per heavy atom. The summed E-state index contributed by atoms with van der Waals surface area (Å²) in [5.41, 5.74) is 2.92. The van der Waals surface area contributed by atoms with E-state index >= 15 is 0 Å². The zero-order valence-corrected chi connectivity index (χ0v) is 7.41. The lowest BCUT2D eigenvalue weighted by molar-refractivity contribution is 0.318. The van der Waals surface area contributed by atoms with Gasteiger partial charge in [0.25, 0.3) is 0 Å². The van der Waals surface area contributed by atoms with Crippen molar-refractivity contribution in [3.05, 3.63) is 35.4 Å². The van der Waals surface area contributed by atoms with E-state index in [0.717, 1.165) is 23.3 Å². The Kier molecular flexibility index (Phi) is 2.86. The first-order chi connectivity index (χ1) is 5.79. The van der Waals surface area contributed by atoms with Crippen LogP contribution in [-0.2, 0) is 0 Å². The number of hydrogen-bond donors (Lipinski definition) is 1. The lowest BCUT2D eigenvalue weighted by atomic mass is 10.0. The lowest BCUT2D eigenvalue weighted by Gasteiger charge is -2.04. The van der Waals surface area contributed by atoms with Crippen LogP contribution >= 0.6 is 0 Å². The molecule has 0 amide bonds. The normalized spacial score (nSPS) is 11.7. The highest BCUT2D eigenvalue weighted by Crippen LogP contribution is 2.09. The molecule has 0 atom stereocenters. The fraction of sp³-hybridized carbons (Fsp3) is 0.300. The molecule has 0 saturated carbocycles. The van der Waals surface area contributed by atoms with Crippen LogP contribution < -0.4 is 0 Å². The standard InChI is InChI=1S/C10H13NO/c1-3-10(11-12)9-7-5-4-6-8(9)2/h4-7,12H,3H2,1-2H3/b11-10-. The lowest BCUT2D eigenvalue weighted by Crippen LogP contribution is -2.00. The van der Waals surface area contributed by atoms with E-state index in [-0.39, 0.29) is 0 Å². The molecule has 0 heterocycles. The van der Waals surface area contributed by atoms with E-state index in [0.29, 0.717) is 0 Å². The van der Waals surface area contributed by atoms with E-state index in [9.17, 15) is 0 Å². The van der Waals surface area contributed by atoms with Crippen molar-refractivity contribution in [1.29, 1.82) is 0 Å². The van der Waals surface area contributed by atoms with Crippen LogP contribution in [0.25, 0.3) is 0 Å². The Morgan fingerprint density at radius 3 is 2.58 bits per heavy atom. The zero-order chi connectivity index (χ0) is 8.97. The van der Waals surface area contributed by atoms with E-state index in [2.05, 4.69) is 5.16 Å². The number of benzene rings is 1. The van der Waals surface area contributed by atoms with Crippen molar-refractivity contribution in [3.63, 3.8) is 0 Å². The summed E-state index contributed by atoms with van der Waals surface area (Å²) in [6.07, 6.45) is 0.751. The first-order valence-electron chi connectivity index (χ1n) is 4.06. The van der Waals surface area contributed by atoms with Gasteiger partial charge in [-0.2, -0.15) is 0 Å². The van der Waals surface area contributed by atoms with Crippen LogP contribution in [0.5, 0.6) is 0 Å². The average molecular weight is 163 g/mol. The monoisotopic (exact) mass is 163 g/mol. The van der Waals surface area contributed by atoms with Gasteiger partial charge in [0.05, 0.1) is 5.71 Å². The minimum absolute atomic E-state index is 0.744. The van der Waals surface area contributed by atoms with Crippen molar-refractivity contribution < 1.29 is 5.21 Å². The molecule has 0 fully saturated rings. The molecule has 0 radical (unpaired) electrons. The first-order valence-corrected chi connectivity index (χ1v) is 4.06. The minimum atomic E-state index is 0.744. The first kappa shape index (κ1) is 8.78. The molecular weight excluding hydrogens is 150 g/mol. The molecule has 0 bridgehead atoms. The van der Waals surface area contributed by atoms with E-state index in [1.165, 1.54) is 0 Å². The van der Waals surface area contributed by atoms with E-state index in [1.807, 2.05) is 38.1 Å². The van der Waals surface area contributed by atoms with Crippen molar-refractivity contribution in [2.75, 3.05) is 0 Å². The van der Waals surface area contributed by atoms with E-state index in [4.69, 9.17) is 5.21 Å². The molecule has 1 aromatic carbocycles. The highest BCUT2D eigenvalue weighted by molar-refractivity contribution is 6.01. The van der Waals surface area contributed by atoms with Gasteiger partial charge in [0.2, 0.25) is 0 Å². The van der Waals surface area contributed by atoms with Gasteiger partial charge < -0.3 is 5.21 Å². The second-order valence-electron chi connectivity index (χ2n) is 2.72. The van der Waals surface area contributed by atoms with Crippen LogP contribution in [0.4, 0.5) is 0 Å². The SMILES string of the molecule is CC/C(=N/O)c1ccccc1C. The Labute approximate surface area is 72.5 Å². The van der Waals surface area contributed by atoms with Gasteiger partial charge in [0.15, 0.2) is 0 Å². The quantitative estimate of drug-likeness (QED) is 0.405. The summed E-state index contributed by atoms with van der Waals surface area (Å²) in [5.74, 6) is 0. The van der Waals surface area contributed by atoms with Gasteiger partial charge in [0, 0.05) is 5.56 Å². The maximum Gasteiger partial charge on any atom is 0.0867 e. The summed E-state index contributed by atoms with van der Waals surface area (Å²) in [6.45, 7) is 3.98. The Bertz CT molecular complexity index is 292. The third-order valence-electron chi connectivity index (χ3n) is 1.91. The minimum Gasteiger partial charge on any atom is -0.411 e. The molecule has 0 aromatic heterocycles. The number of nitrogens with zero attached hydrogens (tertiary/aromatic N) is 1. The molecule has 0 spiro atoms. The van der Waals surface area contributed by atoms with E-state index < -0.39 is 0 Å². The fourth-order valence-corrected chi connectivity index (χ4v) is 1.21. The molecule has 0 unspecified atom stereocenters. The van der Waals surface area contributed by atoms with Crippen LogP contribution in [0.3, 0.4) is 0 Å². The zero-order valence-electron chi connectivity index (χ0n) is 7.41. The summed E-state index contributed by atoms with van der Waals surface area (Å²) in [6, 6.07) is 7.90. The molecule has 0 aliphatic carbocycles. The number of rotatable bonds is 2. The summed E-state index contributed by atoms with van der Waals surface area (Å²) >= 11 is 0. The van der Waals surface area contributed by atoms with Gasteiger partial charge >= 0.3 is 0 Å². The van der Waals surface area contributed by atoms with Crippen LogP contribution in [0, 0.1) is 6.92 Å². The maximum atomic E-state index is 8.69. The highest BCUT2D eigenvalue weighted by Gasteiger charge is 2.03. The molecule has 1 aromatic rings. The molecule has 0 aliphatic rings. The topological polar surface area (TPSA) is 32.6 Å². The second kappa shape index (κ2) is 3.90. The predicted molar refractivity (Wildman–Crippen MR) is 49.8 cm³/mol. The molecular formula is C10H13NO. The molecule has 1 rings (SSSR count). The summed E-state index contributed by atoms with van der Waals surface area (Å²) in [5, 5.41) is 11.9. The largest absolute Gasteiger partial charge is 0.411 e. The van der Waals surface area contributed by atoms with Crippen molar-refractivity contribution in [1.82, 2.24) is 0 Å². The van der Waals surface area contributed by atoms with Crippen LogP contribution in [0.1, 0.15) is 24.5 Å². The Balaban J connectivity index is 3.10. The summed E-state index contributed by atoms with van der Waals surface area (Å²) in [7, 11) is 0. The molecule has 0 saturated heterocycles. The molecule has 64 valence electrons. The van der Waals surface area contributed by atoms with Gasteiger partial charge in [-0.15, -0.1) is 0 Å². The summed E-state index contributed by atoms with van der Waals surface area (Å²) < 4.78 is 0. The number of hydrogen-bond acceptors (Lipinski definition) is 2. The predicted octanol–water partition coefficient (Wildman–Crippen LogP) is 2.58. The van der Waals surface area contributed by atoms with Crippen molar-refractivity contribution in [3.8, 4) is 0 Å². The highest BCUT2D eigenvalue weighted by atomic mass is 16.4. The smallest absolute Gasteiger partial charge is 0.0867 e. The Hall–Kier alpha value is -1.31. The molecule has 1 N–H and O–H groups in total. The molecule has 12 heavy (non-hydrogen) atoms. The third-order valence-corrected chi connectivity index (χ3v) is 1.91. The average Bonchev–Trinajstić information content (AvgIpc) is 2.10. The van der Waals surface area contributed by atoms with Crippen LogP contribution in [0.2, 0.25) is 0 Å². The van der Waals surface area contributed by atoms with Crippen molar-refractivity contribution >= 4 is 5.71 Å². The van der Waals surface area contributed by atoms with Gasteiger partial charge in [-0.1, -0.05) is 36.3 Å². The van der Waals surface area contributed by atoms with Crippen LogP contribution in [0.15, 0.2) is 29.4 Å². The number of oxime groups is 1. The van der Waals surface area contributed by atoms with Crippen molar-refractivity contribution in [2.45, 2.75) is 20.3 Å². The second-order valence-corrected chi connectivity index (χ2v) is 2.72. The molecule has 2 nitrogen and oxygen atoms in total. The van der Waals surface area contributed by atoms with Gasteiger partial charge in [-0.05, 0) is 18.9 Å². The number of aryl methyl sites for hydroxylation is 1. The Morgan fingerprint density at radius 1 is 1.42 bits per heavy atom.